The zero-order valence-electron chi connectivity index (χ0n) is 11.8. The smallest absolute Gasteiger partial charge is 0.240 e. The van der Waals surface area contributed by atoms with E-state index in [-0.39, 0.29) is 5.91 Å². The van der Waals surface area contributed by atoms with E-state index in [4.69, 9.17) is 0 Å². The van der Waals surface area contributed by atoms with E-state index in [0.29, 0.717) is 12.3 Å². The van der Waals surface area contributed by atoms with E-state index >= 15 is 0 Å². The van der Waals surface area contributed by atoms with E-state index in [1.807, 2.05) is 6.21 Å². The highest BCUT2D eigenvalue weighted by molar-refractivity contribution is 5.76. The highest BCUT2D eigenvalue weighted by Crippen LogP contribution is 2.21. The highest BCUT2D eigenvalue weighted by atomic mass is 16.2. The van der Waals surface area contributed by atoms with Gasteiger partial charge in [0.05, 0.1) is 0 Å². The molecule has 0 spiro atoms. The molecule has 1 N–H and O–H groups in total. The lowest BCUT2D eigenvalue weighted by molar-refractivity contribution is -0.121. The molecule has 1 aliphatic rings. The molecular weight excluding hydrogens is 224 g/mol. The van der Waals surface area contributed by atoms with Crippen molar-refractivity contribution in [2.75, 3.05) is 0 Å². The van der Waals surface area contributed by atoms with E-state index in [0.717, 1.165) is 12.8 Å². The summed E-state index contributed by atoms with van der Waals surface area (Å²) in [5.41, 5.74) is 2.65. The molecule has 1 aliphatic carbocycles. The molecule has 3 heteroatoms. The van der Waals surface area contributed by atoms with Crippen LogP contribution < -0.4 is 5.43 Å². The average molecular weight is 252 g/mol. The number of hydrogen-bond donors (Lipinski definition) is 1. The number of nitrogens with one attached hydrogen (secondary N) is 1. The predicted molar refractivity (Wildman–Crippen MR) is 76.6 cm³/mol. The lowest BCUT2D eigenvalue weighted by Crippen LogP contribution is -2.18. The minimum Gasteiger partial charge on any atom is -0.273 e. The van der Waals surface area contributed by atoms with E-state index in [2.05, 4.69) is 17.5 Å². The lowest BCUT2D eigenvalue weighted by atomic mass is 9.90. The monoisotopic (exact) mass is 252 g/mol. The van der Waals surface area contributed by atoms with Crippen LogP contribution in [0.15, 0.2) is 5.10 Å². The fourth-order valence-corrected chi connectivity index (χ4v) is 2.44. The van der Waals surface area contributed by atoms with Gasteiger partial charge in [0.15, 0.2) is 0 Å². The molecule has 0 radical (unpaired) electrons. The Bertz CT molecular complexity index is 245. The molecule has 0 bridgehead atoms. The van der Waals surface area contributed by atoms with Crippen molar-refractivity contribution in [1.29, 1.82) is 0 Å². The lowest BCUT2D eigenvalue weighted by Gasteiger charge is -2.16. The largest absolute Gasteiger partial charge is 0.273 e. The number of unbranched alkanes of at least 4 members (excludes halogenated alkanes) is 4. The molecule has 18 heavy (non-hydrogen) atoms. The summed E-state index contributed by atoms with van der Waals surface area (Å²) in [4.78, 5) is 11.5. The summed E-state index contributed by atoms with van der Waals surface area (Å²) in [6.07, 6.45) is 14.9. The average Bonchev–Trinajstić information content (AvgIpc) is 2.40. The Morgan fingerprint density at radius 2 is 1.89 bits per heavy atom. The summed E-state index contributed by atoms with van der Waals surface area (Å²) in [6, 6.07) is 0. The zero-order chi connectivity index (χ0) is 13.1. The maximum absolute atomic E-state index is 11.5. The van der Waals surface area contributed by atoms with Gasteiger partial charge in [-0.3, -0.25) is 4.79 Å². The Morgan fingerprint density at radius 3 is 2.61 bits per heavy atom. The Morgan fingerprint density at radius 1 is 1.17 bits per heavy atom. The minimum absolute atomic E-state index is 0.0681. The van der Waals surface area contributed by atoms with Crippen LogP contribution >= 0.6 is 0 Å². The summed E-state index contributed by atoms with van der Waals surface area (Å²) in [6.45, 7) is 2.20. The predicted octanol–water partition coefficient (Wildman–Crippen LogP) is 4.03. The normalized spacial score (nSPS) is 17.2. The van der Waals surface area contributed by atoms with Gasteiger partial charge in [-0.05, 0) is 25.2 Å². The van der Waals surface area contributed by atoms with Gasteiger partial charge in [-0.25, -0.2) is 5.43 Å². The summed E-state index contributed by atoms with van der Waals surface area (Å²) in [7, 11) is 0. The van der Waals surface area contributed by atoms with Crippen molar-refractivity contribution in [3.63, 3.8) is 0 Å². The first kappa shape index (κ1) is 15.2. The Labute approximate surface area is 111 Å². The summed E-state index contributed by atoms with van der Waals surface area (Å²) in [5, 5.41) is 4.09. The summed E-state index contributed by atoms with van der Waals surface area (Å²) in [5.74, 6) is 0.655. The molecule has 1 saturated carbocycles. The van der Waals surface area contributed by atoms with Crippen molar-refractivity contribution in [3.05, 3.63) is 0 Å². The van der Waals surface area contributed by atoms with Gasteiger partial charge in [-0.15, -0.1) is 0 Å². The molecule has 1 fully saturated rings. The number of carbonyl (C=O) groups excluding carboxylic acids is 1. The van der Waals surface area contributed by atoms with Crippen LogP contribution in [0.5, 0.6) is 0 Å². The van der Waals surface area contributed by atoms with Crippen LogP contribution in [0.2, 0.25) is 0 Å². The van der Waals surface area contributed by atoms with Gasteiger partial charge >= 0.3 is 0 Å². The molecule has 0 aliphatic heterocycles. The zero-order valence-corrected chi connectivity index (χ0v) is 11.8. The third kappa shape index (κ3) is 7.46. The van der Waals surface area contributed by atoms with Gasteiger partial charge in [0, 0.05) is 12.6 Å². The van der Waals surface area contributed by atoms with Crippen molar-refractivity contribution in [2.45, 2.75) is 77.6 Å². The number of nitrogens with zero attached hydrogens (tertiary/aromatic N) is 1. The van der Waals surface area contributed by atoms with Gasteiger partial charge in [-0.2, -0.15) is 5.10 Å². The Balaban J connectivity index is 2.00. The third-order valence-corrected chi connectivity index (χ3v) is 3.63. The molecule has 0 saturated heterocycles. The second kappa shape index (κ2) is 10.1. The first-order valence-electron chi connectivity index (χ1n) is 7.65. The first-order chi connectivity index (χ1) is 8.83. The fourth-order valence-electron chi connectivity index (χ4n) is 2.44. The van der Waals surface area contributed by atoms with E-state index in [1.54, 1.807) is 0 Å². The number of hydrazone groups is 1. The van der Waals surface area contributed by atoms with Crippen molar-refractivity contribution in [2.24, 2.45) is 11.0 Å². The first-order valence-corrected chi connectivity index (χ1v) is 7.65. The topological polar surface area (TPSA) is 41.5 Å². The van der Waals surface area contributed by atoms with E-state index < -0.39 is 0 Å². The van der Waals surface area contributed by atoms with Gasteiger partial charge in [0.2, 0.25) is 5.91 Å². The molecule has 0 aromatic carbocycles. The number of amides is 1. The van der Waals surface area contributed by atoms with E-state index in [9.17, 15) is 4.79 Å². The second-order valence-electron chi connectivity index (χ2n) is 5.38. The standard InChI is InChI=1S/C15H28N2O/c1-2-3-4-5-9-12-15(18)17-16-13-14-10-7-6-8-11-14/h13-14H,2-12H2,1H3,(H,17,18)/b16-13+. The maximum Gasteiger partial charge on any atom is 0.240 e. The van der Waals surface area contributed by atoms with Gasteiger partial charge in [0.25, 0.3) is 0 Å². The Kier molecular flexibility index (Phi) is 8.53. The van der Waals surface area contributed by atoms with Gasteiger partial charge in [0.1, 0.15) is 0 Å². The molecular formula is C15H28N2O. The molecule has 104 valence electrons. The maximum atomic E-state index is 11.5. The quantitative estimate of drug-likeness (QED) is 0.395. The minimum atomic E-state index is 0.0681. The summed E-state index contributed by atoms with van der Waals surface area (Å²) < 4.78 is 0. The molecule has 0 aromatic heterocycles. The Hall–Kier alpha value is -0.860. The van der Waals surface area contributed by atoms with Crippen LogP contribution in [-0.4, -0.2) is 12.1 Å². The summed E-state index contributed by atoms with van der Waals surface area (Å²) >= 11 is 0. The number of rotatable bonds is 8. The molecule has 0 aromatic rings. The number of hydrogen-bond acceptors (Lipinski definition) is 2. The van der Waals surface area contributed by atoms with Crippen LogP contribution in [0.3, 0.4) is 0 Å². The van der Waals surface area contributed by atoms with Gasteiger partial charge < -0.3 is 0 Å². The van der Waals surface area contributed by atoms with Crippen LogP contribution in [0.25, 0.3) is 0 Å². The van der Waals surface area contributed by atoms with Gasteiger partial charge in [-0.1, -0.05) is 51.9 Å². The second-order valence-corrected chi connectivity index (χ2v) is 5.38. The fraction of sp³-hybridized carbons (Fsp3) is 0.867. The molecule has 0 heterocycles. The molecule has 0 unspecified atom stereocenters. The van der Waals surface area contributed by atoms with Crippen molar-refractivity contribution >= 4 is 12.1 Å². The molecule has 3 nitrogen and oxygen atoms in total. The van der Waals surface area contributed by atoms with Crippen LogP contribution in [-0.2, 0) is 4.79 Å². The van der Waals surface area contributed by atoms with Crippen LogP contribution in [0, 0.1) is 5.92 Å². The molecule has 0 atom stereocenters. The molecule has 1 amide bonds. The SMILES string of the molecule is CCCCCCCC(=O)N/N=C/C1CCCCC1. The highest BCUT2D eigenvalue weighted by Gasteiger charge is 2.10. The van der Waals surface area contributed by atoms with Crippen molar-refractivity contribution in [3.8, 4) is 0 Å². The number of carbonyl (C=O) groups is 1. The third-order valence-electron chi connectivity index (χ3n) is 3.63. The van der Waals surface area contributed by atoms with Crippen molar-refractivity contribution in [1.82, 2.24) is 5.43 Å². The molecule has 1 rings (SSSR count). The van der Waals surface area contributed by atoms with Crippen LogP contribution in [0.4, 0.5) is 0 Å². The van der Waals surface area contributed by atoms with Crippen molar-refractivity contribution < 1.29 is 4.79 Å². The van der Waals surface area contributed by atoms with Crippen LogP contribution in [0.1, 0.15) is 77.6 Å². The van der Waals surface area contributed by atoms with E-state index in [1.165, 1.54) is 51.4 Å².